The molecule has 1 unspecified atom stereocenters. The summed E-state index contributed by atoms with van der Waals surface area (Å²) < 4.78 is 0. The summed E-state index contributed by atoms with van der Waals surface area (Å²) in [5.74, 6) is -0.705. The van der Waals surface area contributed by atoms with Crippen LogP contribution in [0, 0.1) is 5.92 Å². The highest BCUT2D eigenvalue weighted by Gasteiger charge is 2.19. The number of nitrogens with zero attached hydrogens (tertiary/aromatic N) is 1. The second kappa shape index (κ2) is 5.53. The molecule has 0 bridgehead atoms. The zero-order valence-electron chi connectivity index (χ0n) is 8.98. The van der Waals surface area contributed by atoms with Gasteiger partial charge in [-0.2, -0.15) is 0 Å². The number of aliphatic carboxylic acids is 1. The van der Waals surface area contributed by atoms with Gasteiger partial charge in [0, 0.05) is 13.0 Å². The number of carboxylic acids is 1. The van der Waals surface area contributed by atoms with Crippen molar-refractivity contribution in [2.45, 2.75) is 26.2 Å². The molecule has 1 amide bonds. The van der Waals surface area contributed by atoms with Crippen LogP contribution in [-0.4, -0.2) is 35.0 Å². The highest BCUT2D eigenvalue weighted by Crippen LogP contribution is 2.21. The first kappa shape index (κ1) is 11.8. The second-order valence-corrected chi connectivity index (χ2v) is 3.77. The zero-order valence-corrected chi connectivity index (χ0v) is 8.98. The van der Waals surface area contributed by atoms with Crippen LogP contribution >= 0.6 is 0 Å². The van der Waals surface area contributed by atoms with E-state index in [0.717, 1.165) is 12.8 Å². The largest absolute Gasteiger partial charge is 0.480 e. The predicted molar refractivity (Wildman–Crippen MR) is 56.4 cm³/mol. The number of hydrogen-bond donors (Lipinski definition) is 1. The van der Waals surface area contributed by atoms with Crippen molar-refractivity contribution in [1.82, 2.24) is 4.90 Å². The number of carbonyl (C=O) groups is 2. The van der Waals surface area contributed by atoms with Crippen LogP contribution in [0.1, 0.15) is 26.2 Å². The minimum Gasteiger partial charge on any atom is -0.480 e. The van der Waals surface area contributed by atoms with Crippen molar-refractivity contribution in [3.63, 3.8) is 0 Å². The third-order valence-corrected chi connectivity index (χ3v) is 2.61. The molecule has 1 aliphatic carbocycles. The Morgan fingerprint density at radius 3 is 2.73 bits per heavy atom. The van der Waals surface area contributed by atoms with Crippen molar-refractivity contribution in [3.05, 3.63) is 12.2 Å². The van der Waals surface area contributed by atoms with Crippen LogP contribution in [0.3, 0.4) is 0 Å². The molecule has 84 valence electrons. The molecule has 0 spiro atoms. The summed E-state index contributed by atoms with van der Waals surface area (Å²) in [6.07, 6.45) is 6.61. The molecule has 0 saturated carbocycles. The average molecular weight is 211 g/mol. The Morgan fingerprint density at radius 2 is 2.27 bits per heavy atom. The Hall–Kier alpha value is -1.32. The molecule has 0 radical (unpaired) electrons. The van der Waals surface area contributed by atoms with Crippen molar-refractivity contribution >= 4 is 11.9 Å². The fourth-order valence-corrected chi connectivity index (χ4v) is 1.76. The molecule has 4 nitrogen and oxygen atoms in total. The van der Waals surface area contributed by atoms with E-state index in [9.17, 15) is 9.59 Å². The Balaban J connectivity index is 2.41. The summed E-state index contributed by atoms with van der Waals surface area (Å²) in [6.45, 7) is 2.07. The molecular formula is C11H17NO3. The highest BCUT2D eigenvalue weighted by molar-refractivity contribution is 5.81. The van der Waals surface area contributed by atoms with Gasteiger partial charge in [-0.15, -0.1) is 0 Å². The Kier molecular flexibility index (Phi) is 4.34. The molecule has 0 fully saturated rings. The van der Waals surface area contributed by atoms with Gasteiger partial charge in [-0.3, -0.25) is 9.59 Å². The molecule has 0 heterocycles. The van der Waals surface area contributed by atoms with Gasteiger partial charge in [-0.05, 0) is 25.7 Å². The average Bonchev–Trinajstić information content (AvgIpc) is 2.66. The smallest absolute Gasteiger partial charge is 0.323 e. The van der Waals surface area contributed by atoms with Gasteiger partial charge in [0.25, 0.3) is 0 Å². The molecule has 1 atom stereocenters. The summed E-state index contributed by atoms with van der Waals surface area (Å²) >= 11 is 0. The Morgan fingerprint density at radius 1 is 1.53 bits per heavy atom. The van der Waals surface area contributed by atoms with E-state index in [-0.39, 0.29) is 12.5 Å². The van der Waals surface area contributed by atoms with Gasteiger partial charge in [0.05, 0.1) is 0 Å². The SMILES string of the molecule is CCN(CC(=O)O)C(=O)CC1C=CCC1. The van der Waals surface area contributed by atoms with Crippen molar-refractivity contribution in [2.75, 3.05) is 13.1 Å². The predicted octanol–water partition coefficient (Wildman–Crippen LogP) is 1.28. The van der Waals surface area contributed by atoms with E-state index in [2.05, 4.69) is 6.08 Å². The first-order valence-corrected chi connectivity index (χ1v) is 5.29. The third kappa shape index (κ3) is 3.73. The molecule has 0 aromatic carbocycles. The van der Waals surface area contributed by atoms with E-state index in [1.807, 2.05) is 6.08 Å². The van der Waals surface area contributed by atoms with Crippen LogP contribution in [0.5, 0.6) is 0 Å². The lowest BCUT2D eigenvalue weighted by Crippen LogP contribution is -2.36. The Bertz CT molecular complexity index is 273. The van der Waals surface area contributed by atoms with Crippen LogP contribution in [0.4, 0.5) is 0 Å². The van der Waals surface area contributed by atoms with Crippen molar-refractivity contribution in [3.8, 4) is 0 Å². The van der Waals surface area contributed by atoms with Crippen molar-refractivity contribution in [1.29, 1.82) is 0 Å². The molecule has 1 aliphatic rings. The van der Waals surface area contributed by atoms with E-state index >= 15 is 0 Å². The lowest BCUT2D eigenvalue weighted by molar-refractivity contribution is -0.144. The van der Waals surface area contributed by atoms with E-state index in [1.54, 1.807) is 6.92 Å². The van der Waals surface area contributed by atoms with Gasteiger partial charge in [-0.1, -0.05) is 12.2 Å². The van der Waals surface area contributed by atoms with E-state index in [1.165, 1.54) is 4.90 Å². The number of allylic oxidation sites excluding steroid dienone is 2. The van der Waals surface area contributed by atoms with Crippen molar-refractivity contribution in [2.24, 2.45) is 5.92 Å². The molecule has 4 heteroatoms. The maximum absolute atomic E-state index is 11.7. The fraction of sp³-hybridized carbons (Fsp3) is 0.636. The number of rotatable bonds is 5. The molecule has 1 N–H and O–H groups in total. The lowest BCUT2D eigenvalue weighted by Gasteiger charge is -2.19. The number of amides is 1. The molecule has 1 rings (SSSR count). The van der Waals surface area contributed by atoms with Crippen LogP contribution in [0.25, 0.3) is 0 Å². The van der Waals surface area contributed by atoms with Gasteiger partial charge in [0.15, 0.2) is 0 Å². The normalized spacial score (nSPS) is 19.1. The monoisotopic (exact) mass is 211 g/mol. The molecular weight excluding hydrogens is 194 g/mol. The maximum Gasteiger partial charge on any atom is 0.323 e. The van der Waals surface area contributed by atoms with Gasteiger partial charge in [0.2, 0.25) is 5.91 Å². The quantitative estimate of drug-likeness (QED) is 0.697. The molecule has 0 aromatic rings. The second-order valence-electron chi connectivity index (χ2n) is 3.77. The topological polar surface area (TPSA) is 57.6 Å². The minimum atomic E-state index is -0.952. The first-order chi connectivity index (χ1) is 7.13. The highest BCUT2D eigenvalue weighted by atomic mass is 16.4. The summed E-state index contributed by atoms with van der Waals surface area (Å²) in [5, 5.41) is 8.62. The van der Waals surface area contributed by atoms with Crippen LogP contribution in [0.2, 0.25) is 0 Å². The standard InChI is InChI=1S/C11H17NO3/c1-2-12(8-11(14)15)10(13)7-9-5-3-4-6-9/h3,5,9H,2,4,6-8H2,1H3,(H,14,15). The molecule has 15 heavy (non-hydrogen) atoms. The summed E-state index contributed by atoms with van der Waals surface area (Å²) in [5.41, 5.74) is 0. The number of carbonyl (C=O) groups excluding carboxylic acids is 1. The third-order valence-electron chi connectivity index (χ3n) is 2.61. The number of hydrogen-bond acceptors (Lipinski definition) is 2. The molecule has 0 aliphatic heterocycles. The van der Waals surface area contributed by atoms with E-state index < -0.39 is 5.97 Å². The van der Waals surface area contributed by atoms with Gasteiger partial charge < -0.3 is 10.0 Å². The first-order valence-electron chi connectivity index (χ1n) is 5.29. The number of carboxylic acid groups (broad SMARTS) is 1. The van der Waals surface area contributed by atoms with Crippen molar-refractivity contribution < 1.29 is 14.7 Å². The Labute approximate surface area is 89.6 Å². The fourth-order valence-electron chi connectivity index (χ4n) is 1.76. The zero-order chi connectivity index (χ0) is 11.3. The van der Waals surface area contributed by atoms with E-state index in [0.29, 0.717) is 18.9 Å². The van der Waals surface area contributed by atoms with Gasteiger partial charge in [-0.25, -0.2) is 0 Å². The van der Waals surface area contributed by atoms with Crippen LogP contribution in [-0.2, 0) is 9.59 Å². The molecule has 0 aromatic heterocycles. The van der Waals surface area contributed by atoms with Crippen LogP contribution in [0.15, 0.2) is 12.2 Å². The summed E-state index contributed by atoms with van der Waals surface area (Å²) in [6, 6.07) is 0. The van der Waals surface area contributed by atoms with Crippen LogP contribution < -0.4 is 0 Å². The minimum absolute atomic E-state index is 0.0588. The summed E-state index contributed by atoms with van der Waals surface area (Å²) in [7, 11) is 0. The van der Waals surface area contributed by atoms with Gasteiger partial charge >= 0.3 is 5.97 Å². The number of likely N-dealkylation sites (N-methyl/N-ethyl adjacent to an activating group) is 1. The lowest BCUT2D eigenvalue weighted by atomic mass is 10.0. The summed E-state index contributed by atoms with van der Waals surface area (Å²) in [4.78, 5) is 23.6. The maximum atomic E-state index is 11.7. The van der Waals surface area contributed by atoms with Gasteiger partial charge in [0.1, 0.15) is 6.54 Å². The van der Waals surface area contributed by atoms with E-state index in [4.69, 9.17) is 5.11 Å². The molecule has 0 saturated heterocycles.